The first-order chi connectivity index (χ1) is 9.81. The third-order valence-corrected chi connectivity index (χ3v) is 3.32. The van der Waals surface area contributed by atoms with Gasteiger partial charge in [0, 0.05) is 6.07 Å². The minimum Gasteiger partial charge on any atom is -0.457 e. The molecule has 110 valence electrons. The molecule has 0 N–H and O–H groups in total. The van der Waals surface area contributed by atoms with Gasteiger partial charge in [0.25, 0.3) is 0 Å². The third kappa shape index (κ3) is 3.68. The Labute approximate surface area is 128 Å². The van der Waals surface area contributed by atoms with E-state index in [4.69, 9.17) is 27.9 Å². The fourth-order valence-electron chi connectivity index (χ4n) is 1.58. The van der Waals surface area contributed by atoms with Gasteiger partial charge in [-0.25, -0.2) is 0 Å². The monoisotopic (exact) mass is 334 g/mol. The highest BCUT2D eigenvalue weighted by molar-refractivity contribution is 6.42. The summed E-state index contributed by atoms with van der Waals surface area (Å²) < 4.78 is 43.1. The van der Waals surface area contributed by atoms with Crippen molar-refractivity contribution in [2.45, 2.75) is 6.18 Å². The molecular formula is C14H7Cl2F3O2. The van der Waals surface area contributed by atoms with Crippen LogP contribution in [-0.4, -0.2) is 6.29 Å². The first-order valence-corrected chi connectivity index (χ1v) is 6.36. The largest absolute Gasteiger partial charge is 0.457 e. The van der Waals surface area contributed by atoms with Crippen LogP contribution in [0.1, 0.15) is 15.9 Å². The Morgan fingerprint density at radius 1 is 1.00 bits per heavy atom. The van der Waals surface area contributed by atoms with Gasteiger partial charge in [0.05, 0.1) is 21.2 Å². The second-order valence-corrected chi connectivity index (χ2v) is 4.86. The smallest absolute Gasteiger partial charge is 0.416 e. The zero-order chi connectivity index (χ0) is 15.6. The minimum atomic E-state index is -4.53. The molecule has 7 heteroatoms. The summed E-state index contributed by atoms with van der Waals surface area (Å²) in [6.07, 6.45) is -4.23. The average Bonchev–Trinajstić information content (AvgIpc) is 2.42. The molecule has 0 radical (unpaired) electrons. The number of benzene rings is 2. The lowest BCUT2D eigenvalue weighted by atomic mass is 10.1. The molecule has 0 atom stereocenters. The number of rotatable bonds is 3. The highest BCUT2D eigenvalue weighted by Crippen LogP contribution is 2.34. The van der Waals surface area contributed by atoms with E-state index in [0.29, 0.717) is 11.3 Å². The number of aldehydes is 1. The molecule has 0 amide bonds. The molecule has 2 nitrogen and oxygen atoms in total. The van der Waals surface area contributed by atoms with E-state index in [-0.39, 0.29) is 22.1 Å². The van der Waals surface area contributed by atoms with Gasteiger partial charge in [-0.3, -0.25) is 4.79 Å². The predicted molar refractivity (Wildman–Crippen MR) is 73.4 cm³/mol. The molecule has 0 unspecified atom stereocenters. The molecule has 0 saturated carbocycles. The Kier molecular flexibility index (Phi) is 4.44. The SMILES string of the molecule is O=Cc1cc(C(F)(F)F)ccc1Oc1ccc(Cl)c(Cl)c1. The van der Waals surface area contributed by atoms with Crippen molar-refractivity contribution >= 4 is 29.5 Å². The molecule has 2 aromatic carbocycles. The van der Waals surface area contributed by atoms with Crippen LogP contribution in [0.4, 0.5) is 13.2 Å². The van der Waals surface area contributed by atoms with Crippen molar-refractivity contribution in [1.29, 1.82) is 0 Å². The zero-order valence-corrected chi connectivity index (χ0v) is 11.8. The summed E-state index contributed by atoms with van der Waals surface area (Å²) >= 11 is 11.6. The fraction of sp³-hybridized carbons (Fsp3) is 0.0714. The van der Waals surface area contributed by atoms with E-state index in [1.54, 1.807) is 0 Å². The van der Waals surface area contributed by atoms with E-state index in [2.05, 4.69) is 0 Å². The molecule has 0 heterocycles. The molecule has 0 aliphatic rings. The summed E-state index contributed by atoms with van der Waals surface area (Å²) in [6, 6.07) is 7.00. The van der Waals surface area contributed by atoms with Crippen molar-refractivity contribution in [2.24, 2.45) is 0 Å². The highest BCUT2D eigenvalue weighted by atomic mass is 35.5. The molecule has 0 aromatic heterocycles. The van der Waals surface area contributed by atoms with Crippen LogP contribution in [0.2, 0.25) is 10.0 Å². The van der Waals surface area contributed by atoms with Crippen molar-refractivity contribution in [3.63, 3.8) is 0 Å². The number of carbonyl (C=O) groups is 1. The van der Waals surface area contributed by atoms with Gasteiger partial charge < -0.3 is 4.74 Å². The maximum Gasteiger partial charge on any atom is 0.416 e. The average molecular weight is 335 g/mol. The Balaban J connectivity index is 2.35. The van der Waals surface area contributed by atoms with Crippen molar-refractivity contribution in [3.05, 3.63) is 57.6 Å². The second-order valence-electron chi connectivity index (χ2n) is 4.05. The zero-order valence-electron chi connectivity index (χ0n) is 10.2. The van der Waals surface area contributed by atoms with E-state index >= 15 is 0 Å². The molecule has 0 fully saturated rings. The van der Waals surface area contributed by atoms with Crippen molar-refractivity contribution < 1.29 is 22.7 Å². The summed E-state index contributed by atoms with van der Waals surface area (Å²) in [5, 5.41) is 0.542. The number of hydrogen-bond acceptors (Lipinski definition) is 2. The Morgan fingerprint density at radius 3 is 2.29 bits per heavy atom. The van der Waals surface area contributed by atoms with Crippen LogP contribution in [0.15, 0.2) is 36.4 Å². The topological polar surface area (TPSA) is 26.3 Å². The molecule has 0 aliphatic carbocycles. The Hall–Kier alpha value is -1.72. The summed E-state index contributed by atoms with van der Waals surface area (Å²) in [4.78, 5) is 10.9. The fourth-order valence-corrected chi connectivity index (χ4v) is 1.87. The summed E-state index contributed by atoms with van der Waals surface area (Å²) in [5.41, 5.74) is -1.14. The van der Waals surface area contributed by atoms with Crippen LogP contribution < -0.4 is 4.74 Å². The molecule has 0 bridgehead atoms. The maximum atomic E-state index is 12.6. The molecule has 0 spiro atoms. The van der Waals surface area contributed by atoms with Gasteiger partial charge in [-0.2, -0.15) is 13.2 Å². The quantitative estimate of drug-likeness (QED) is 0.681. The second kappa shape index (κ2) is 5.95. The number of hydrogen-bond donors (Lipinski definition) is 0. The summed E-state index contributed by atoms with van der Waals surface area (Å²) in [5.74, 6) is 0.253. The molecular weight excluding hydrogens is 328 g/mol. The van der Waals surface area contributed by atoms with Gasteiger partial charge in [-0.1, -0.05) is 23.2 Å². The number of carbonyl (C=O) groups excluding carboxylic acids is 1. The van der Waals surface area contributed by atoms with Gasteiger partial charge >= 0.3 is 6.18 Å². The third-order valence-electron chi connectivity index (χ3n) is 2.58. The number of alkyl halides is 3. The highest BCUT2D eigenvalue weighted by Gasteiger charge is 2.31. The van der Waals surface area contributed by atoms with Crippen LogP contribution in [0.3, 0.4) is 0 Å². The van der Waals surface area contributed by atoms with E-state index in [1.165, 1.54) is 18.2 Å². The number of ether oxygens (including phenoxy) is 1. The van der Waals surface area contributed by atoms with Crippen LogP contribution in [-0.2, 0) is 6.18 Å². The minimum absolute atomic E-state index is 0.00334. The maximum absolute atomic E-state index is 12.6. The van der Waals surface area contributed by atoms with Crippen LogP contribution >= 0.6 is 23.2 Å². The van der Waals surface area contributed by atoms with E-state index in [9.17, 15) is 18.0 Å². The van der Waals surface area contributed by atoms with Gasteiger partial charge in [-0.05, 0) is 30.3 Å². The lowest BCUT2D eigenvalue weighted by Gasteiger charge is -2.12. The van der Waals surface area contributed by atoms with Gasteiger partial charge in [0.15, 0.2) is 6.29 Å². The van der Waals surface area contributed by atoms with E-state index in [1.807, 2.05) is 0 Å². The lowest BCUT2D eigenvalue weighted by Crippen LogP contribution is -2.05. The van der Waals surface area contributed by atoms with Gasteiger partial charge in [0.2, 0.25) is 0 Å². The van der Waals surface area contributed by atoms with Crippen molar-refractivity contribution in [1.82, 2.24) is 0 Å². The van der Waals surface area contributed by atoms with Crippen molar-refractivity contribution in [2.75, 3.05) is 0 Å². The molecule has 0 saturated heterocycles. The van der Waals surface area contributed by atoms with Crippen LogP contribution in [0, 0.1) is 0 Å². The first kappa shape index (κ1) is 15.7. The van der Waals surface area contributed by atoms with Crippen LogP contribution in [0.25, 0.3) is 0 Å². The van der Waals surface area contributed by atoms with Crippen LogP contribution in [0.5, 0.6) is 11.5 Å². The summed E-state index contributed by atoms with van der Waals surface area (Å²) in [7, 11) is 0. The van der Waals surface area contributed by atoms with E-state index in [0.717, 1.165) is 18.2 Å². The Bertz CT molecular complexity index is 684. The van der Waals surface area contributed by atoms with E-state index < -0.39 is 11.7 Å². The normalized spacial score (nSPS) is 11.3. The van der Waals surface area contributed by atoms with Gasteiger partial charge in [-0.15, -0.1) is 0 Å². The molecule has 2 aromatic rings. The first-order valence-electron chi connectivity index (χ1n) is 5.60. The Morgan fingerprint density at radius 2 is 1.71 bits per heavy atom. The molecule has 21 heavy (non-hydrogen) atoms. The molecule has 0 aliphatic heterocycles. The predicted octanol–water partition coefficient (Wildman–Crippen LogP) is 5.62. The van der Waals surface area contributed by atoms with Crippen molar-refractivity contribution in [3.8, 4) is 11.5 Å². The standard InChI is InChI=1S/C14H7Cl2F3O2/c15-11-3-2-10(6-12(11)16)21-13-4-1-9(14(17,18)19)5-8(13)7-20/h1-7H. The van der Waals surface area contributed by atoms with Gasteiger partial charge in [0.1, 0.15) is 11.5 Å². The lowest BCUT2D eigenvalue weighted by molar-refractivity contribution is -0.137. The number of halogens is 5. The molecule has 2 rings (SSSR count). The summed E-state index contributed by atoms with van der Waals surface area (Å²) in [6.45, 7) is 0.